The molecule has 2 aromatic carbocycles. The van der Waals surface area contributed by atoms with E-state index in [0.717, 1.165) is 6.07 Å². The Balaban J connectivity index is 2.35. The summed E-state index contributed by atoms with van der Waals surface area (Å²) in [5, 5.41) is 1.98. The third kappa shape index (κ3) is 6.23. The first kappa shape index (κ1) is 30.9. The highest BCUT2D eigenvalue weighted by Gasteiger charge is 2.80. The Kier molecular flexibility index (Phi) is 8.24. The molecule has 0 unspecified atom stereocenters. The van der Waals surface area contributed by atoms with E-state index in [1.165, 1.54) is 31.4 Å². The number of carbonyl (C=O) groups is 1. The van der Waals surface area contributed by atoms with Crippen molar-refractivity contribution in [2.24, 2.45) is 0 Å². The number of benzene rings is 2. The monoisotopic (exact) mass is 577 g/mol. The number of para-hydroxylation sites is 1. The third-order valence-electron chi connectivity index (χ3n) is 4.43. The molecule has 0 radical (unpaired) electrons. The highest BCUT2D eigenvalue weighted by Crippen LogP contribution is 2.54. The lowest BCUT2D eigenvalue weighted by Gasteiger charge is -2.35. The van der Waals surface area contributed by atoms with Gasteiger partial charge in [0.1, 0.15) is 5.75 Å². The highest BCUT2D eigenvalue weighted by atomic mass is 19.4. The van der Waals surface area contributed by atoms with Gasteiger partial charge in [-0.1, -0.05) is 24.3 Å². The Bertz CT molecular complexity index is 1150. The van der Waals surface area contributed by atoms with Crippen LogP contribution in [0.1, 0.15) is 15.9 Å². The summed E-state index contributed by atoms with van der Waals surface area (Å²) >= 11 is 0. The van der Waals surface area contributed by atoms with E-state index in [1.807, 2.05) is 10.1 Å². The lowest BCUT2D eigenvalue weighted by molar-refractivity contribution is -0.535. The molecule has 0 saturated carbocycles. The molecule has 0 aromatic heterocycles. The quantitative estimate of drug-likeness (QED) is 0.309. The molecule has 0 spiro atoms. The number of alkyl halides is 13. The molecule has 0 heterocycles. The molecule has 2 aromatic rings. The summed E-state index contributed by atoms with van der Waals surface area (Å²) in [5.74, 6) is -14.6. The molecule has 0 bridgehead atoms. The van der Waals surface area contributed by atoms with Gasteiger partial charge in [-0.2, -0.15) is 43.9 Å². The van der Waals surface area contributed by atoms with Gasteiger partial charge in [0.15, 0.2) is 0 Å². The number of hydrogen-bond donors (Lipinski definition) is 1. The molecule has 0 fully saturated rings. The summed E-state index contributed by atoms with van der Waals surface area (Å²) in [6, 6.07) is 6.96. The van der Waals surface area contributed by atoms with Crippen molar-refractivity contribution >= 4 is 11.6 Å². The smallest absolute Gasteiger partial charge is 0.496 e. The van der Waals surface area contributed by atoms with Crippen molar-refractivity contribution in [3.8, 4) is 5.75 Å². The summed E-state index contributed by atoms with van der Waals surface area (Å²) < 4.78 is 181. The van der Waals surface area contributed by atoms with Crippen LogP contribution in [-0.4, -0.2) is 43.6 Å². The van der Waals surface area contributed by atoms with Crippen LogP contribution in [0.2, 0.25) is 0 Å². The van der Waals surface area contributed by atoms with Gasteiger partial charge in [-0.15, -0.1) is 13.2 Å². The van der Waals surface area contributed by atoms with Crippen LogP contribution in [0.4, 0.5) is 62.8 Å². The van der Waals surface area contributed by atoms with Crippen molar-refractivity contribution < 1.29 is 76.1 Å². The fourth-order valence-corrected chi connectivity index (χ4v) is 2.66. The summed E-state index contributed by atoms with van der Waals surface area (Å²) in [6.45, 7) is 0. The average Bonchev–Trinajstić information content (AvgIpc) is 2.76. The Morgan fingerprint density at radius 1 is 0.711 bits per heavy atom. The van der Waals surface area contributed by atoms with Crippen molar-refractivity contribution in [1.82, 2.24) is 0 Å². The molecule has 0 aliphatic heterocycles. The zero-order chi connectivity index (χ0) is 29.4. The van der Waals surface area contributed by atoms with Crippen LogP contribution in [-0.2, 0) is 15.4 Å². The van der Waals surface area contributed by atoms with Crippen LogP contribution >= 0.6 is 0 Å². The maximum atomic E-state index is 14.4. The summed E-state index contributed by atoms with van der Waals surface area (Å²) in [6.07, 6.45) is -28.0. The second-order valence-corrected chi connectivity index (χ2v) is 7.08. The minimum Gasteiger partial charge on any atom is -0.496 e. The van der Waals surface area contributed by atoms with E-state index in [9.17, 15) is 61.9 Å². The van der Waals surface area contributed by atoms with Gasteiger partial charge in [0, 0.05) is 11.3 Å². The molecule has 2 rings (SSSR count). The molecule has 0 aliphatic carbocycles. The number of halogens is 13. The van der Waals surface area contributed by atoms with Gasteiger partial charge in [0.2, 0.25) is 0 Å². The first-order valence-electron chi connectivity index (χ1n) is 9.49. The number of ether oxygens (including phenoxy) is 3. The summed E-state index contributed by atoms with van der Waals surface area (Å²) in [4.78, 5) is 12.3. The van der Waals surface area contributed by atoms with E-state index in [1.54, 1.807) is 4.74 Å². The Morgan fingerprint density at radius 2 is 1.26 bits per heavy atom. The molecule has 1 amide bonds. The minimum absolute atomic E-state index is 0.0131. The number of methoxy groups -OCH3 is 1. The number of rotatable bonds is 10. The second-order valence-electron chi connectivity index (χ2n) is 7.08. The topological polar surface area (TPSA) is 56.8 Å². The molecule has 0 aliphatic rings. The van der Waals surface area contributed by atoms with E-state index >= 15 is 0 Å². The predicted octanol–water partition coefficient (Wildman–Crippen LogP) is 7.01. The van der Waals surface area contributed by atoms with Gasteiger partial charge >= 0.3 is 36.5 Å². The fraction of sp³-hybridized carbons (Fsp3) is 0.350. The average molecular weight is 577 g/mol. The standard InChI is InChI=1S/C20H12F13NO4/c1-36-13-8-3-2-7-12(13)14(35)34-11-6-4-5-10(9-11)15(21,22)17(25,26)37-18(27,28)16(23,24)19(29,30)38-20(31,32)33/h2-9H,1H3,(H,34,35). The number of anilines is 1. The van der Waals surface area contributed by atoms with Gasteiger partial charge in [-0.05, 0) is 24.3 Å². The molecule has 5 nitrogen and oxygen atoms in total. The second kappa shape index (κ2) is 10.1. The van der Waals surface area contributed by atoms with Gasteiger partial charge in [0.25, 0.3) is 5.91 Å². The number of hydrogen-bond acceptors (Lipinski definition) is 4. The Morgan fingerprint density at radius 3 is 1.82 bits per heavy atom. The van der Waals surface area contributed by atoms with Crippen LogP contribution < -0.4 is 10.1 Å². The maximum Gasteiger partial charge on any atom is 0.527 e. The molecule has 0 saturated heterocycles. The first-order chi connectivity index (χ1) is 17.1. The molecule has 0 atom stereocenters. The van der Waals surface area contributed by atoms with Gasteiger partial charge in [-0.3, -0.25) is 4.79 Å². The summed E-state index contributed by atoms with van der Waals surface area (Å²) in [5.41, 5.74) is -2.81. The van der Waals surface area contributed by atoms with Crippen LogP contribution in [0.5, 0.6) is 5.75 Å². The normalized spacial score (nSPS) is 13.8. The molecular weight excluding hydrogens is 565 g/mol. The van der Waals surface area contributed by atoms with E-state index < -0.39 is 53.7 Å². The summed E-state index contributed by atoms with van der Waals surface area (Å²) in [7, 11) is 1.17. The van der Waals surface area contributed by atoms with Gasteiger partial charge in [0.05, 0.1) is 12.7 Å². The van der Waals surface area contributed by atoms with E-state index in [4.69, 9.17) is 4.74 Å². The molecule has 38 heavy (non-hydrogen) atoms. The van der Waals surface area contributed by atoms with Crippen molar-refractivity contribution in [2.45, 2.75) is 36.5 Å². The zero-order valence-electron chi connectivity index (χ0n) is 18.2. The van der Waals surface area contributed by atoms with Crippen LogP contribution in [0.15, 0.2) is 48.5 Å². The number of amides is 1. The zero-order valence-corrected chi connectivity index (χ0v) is 18.2. The Hall–Kier alpha value is -3.28. The molecule has 212 valence electrons. The lowest BCUT2D eigenvalue weighted by atomic mass is 10.1. The van der Waals surface area contributed by atoms with Crippen molar-refractivity contribution in [3.05, 3.63) is 59.7 Å². The Labute approximate surface area is 203 Å². The highest BCUT2D eigenvalue weighted by molar-refractivity contribution is 6.06. The van der Waals surface area contributed by atoms with Crippen LogP contribution in [0, 0.1) is 0 Å². The van der Waals surface area contributed by atoms with Crippen molar-refractivity contribution in [2.75, 3.05) is 12.4 Å². The first-order valence-corrected chi connectivity index (χ1v) is 9.49. The van der Waals surface area contributed by atoms with E-state index in [0.29, 0.717) is 6.07 Å². The molecular formula is C20H12F13NO4. The lowest BCUT2D eigenvalue weighted by Crippen LogP contribution is -2.61. The van der Waals surface area contributed by atoms with Crippen molar-refractivity contribution in [3.63, 3.8) is 0 Å². The number of nitrogens with one attached hydrogen (secondary N) is 1. The predicted molar refractivity (Wildman–Crippen MR) is 99.3 cm³/mol. The third-order valence-corrected chi connectivity index (χ3v) is 4.43. The molecule has 1 N–H and O–H groups in total. The fourth-order valence-electron chi connectivity index (χ4n) is 2.66. The van der Waals surface area contributed by atoms with Gasteiger partial charge in [-0.25, -0.2) is 9.47 Å². The SMILES string of the molecule is COc1ccccc1C(=O)Nc1cccc(C(F)(F)C(F)(F)OC(F)(F)C(F)(F)C(F)(F)OC(F)(F)F)c1. The van der Waals surface area contributed by atoms with Crippen molar-refractivity contribution in [1.29, 1.82) is 0 Å². The number of carbonyl (C=O) groups excluding carboxylic acids is 1. The van der Waals surface area contributed by atoms with Crippen LogP contribution in [0.25, 0.3) is 0 Å². The largest absolute Gasteiger partial charge is 0.527 e. The van der Waals surface area contributed by atoms with E-state index in [2.05, 4.69) is 0 Å². The van der Waals surface area contributed by atoms with E-state index in [-0.39, 0.29) is 23.4 Å². The van der Waals surface area contributed by atoms with Crippen LogP contribution in [0.3, 0.4) is 0 Å². The van der Waals surface area contributed by atoms with Gasteiger partial charge < -0.3 is 10.1 Å². The maximum absolute atomic E-state index is 14.4. The molecule has 18 heteroatoms. The minimum atomic E-state index is -7.53.